The normalized spacial score (nSPS) is 10.0. The first-order valence-corrected chi connectivity index (χ1v) is 5.85. The molecule has 0 saturated heterocycles. The summed E-state index contributed by atoms with van der Waals surface area (Å²) in [4.78, 5) is 10.8. The maximum Gasteiger partial charge on any atom is 0.335 e. The Morgan fingerprint density at radius 2 is 1.74 bits per heavy atom. The molecule has 19 heavy (non-hydrogen) atoms. The number of ether oxygens (including phenoxy) is 1. The minimum atomic E-state index is -0.924. The van der Waals surface area contributed by atoms with E-state index in [2.05, 4.69) is 5.32 Å². The van der Waals surface area contributed by atoms with Crippen molar-refractivity contribution in [2.75, 3.05) is 12.4 Å². The lowest BCUT2D eigenvalue weighted by molar-refractivity contribution is 0.0697. The molecule has 0 unspecified atom stereocenters. The number of carboxylic acids is 1. The molecule has 0 aliphatic heterocycles. The smallest absolute Gasteiger partial charge is 0.335 e. The van der Waals surface area contributed by atoms with Crippen molar-refractivity contribution in [1.82, 2.24) is 0 Å². The summed E-state index contributed by atoms with van der Waals surface area (Å²) in [5, 5.41) is 12.0. The lowest BCUT2D eigenvalue weighted by atomic mass is 10.1. The standard InChI is InChI=1S/C15H15NO3/c1-10-9-13(7-8-14(10)19-2)16-12-5-3-11(4-6-12)15(17)18/h3-9,16H,1-2H3,(H,17,18). The summed E-state index contributed by atoms with van der Waals surface area (Å²) in [5.74, 6) is -0.0846. The quantitative estimate of drug-likeness (QED) is 0.880. The van der Waals surface area contributed by atoms with Gasteiger partial charge in [0.15, 0.2) is 0 Å². The molecule has 0 amide bonds. The summed E-state index contributed by atoms with van der Waals surface area (Å²) < 4.78 is 5.20. The summed E-state index contributed by atoms with van der Waals surface area (Å²) in [5.41, 5.74) is 3.09. The molecular formula is C15H15NO3. The Morgan fingerprint density at radius 3 is 2.26 bits per heavy atom. The molecule has 0 bridgehead atoms. The van der Waals surface area contributed by atoms with Gasteiger partial charge in [0.1, 0.15) is 5.75 Å². The fraction of sp³-hybridized carbons (Fsp3) is 0.133. The first-order valence-electron chi connectivity index (χ1n) is 5.85. The zero-order valence-electron chi connectivity index (χ0n) is 10.8. The van der Waals surface area contributed by atoms with E-state index in [0.29, 0.717) is 0 Å². The molecule has 2 N–H and O–H groups in total. The molecule has 2 aromatic carbocycles. The molecule has 0 atom stereocenters. The van der Waals surface area contributed by atoms with Gasteiger partial charge in [-0.2, -0.15) is 0 Å². The van der Waals surface area contributed by atoms with Crippen LogP contribution in [0.1, 0.15) is 15.9 Å². The number of aromatic carboxylic acids is 1. The maximum absolute atomic E-state index is 10.8. The lowest BCUT2D eigenvalue weighted by Gasteiger charge is -2.10. The third-order valence-corrected chi connectivity index (χ3v) is 2.82. The third kappa shape index (κ3) is 3.04. The van der Waals surface area contributed by atoms with Gasteiger partial charge in [-0.3, -0.25) is 0 Å². The van der Waals surface area contributed by atoms with E-state index in [0.717, 1.165) is 22.7 Å². The predicted octanol–water partition coefficient (Wildman–Crippen LogP) is 3.45. The third-order valence-electron chi connectivity index (χ3n) is 2.82. The van der Waals surface area contributed by atoms with Gasteiger partial charge in [-0.15, -0.1) is 0 Å². The monoisotopic (exact) mass is 257 g/mol. The van der Waals surface area contributed by atoms with Crippen LogP contribution in [0.3, 0.4) is 0 Å². The summed E-state index contributed by atoms with van der Waals surface area (Å²) in [6.07, 6.45) is 0. The number of carboxylic acid groups (broad SMARTS) is 1. The highest BCUT2D eigenvalue weighted by atomic mass is 16.5. The topological polar surface area (TPSA) is 58.6 Å². The summed E-state index contributed by atoms with van der Waals surface area (Å²) >= 11 is 0. The molecule has 0 heterocycles. The van der Waals surface area contributed by atoms with Crippen LogP contribution < -0.4 is 10.1 Å². The average Bonchev–Trinajstić information content (AvgIpc) is 2.39. The Bertz CT molecular complexity index is 591. The number of aryl methyl sites for hydroxylation is 1. The van der Waals surface area contributed by atoms with E-state index in [1.165, 1.54) is 0 Å². The van der Waals surface area contributed by atoms with Crippen molar-refractivity contribution >= 4 is 17.3 Å². The van der Waals surface area contributed by atoms with Gasteiger partial charge < -0.3 is 15.2 Å². The molecule has 4 heteroatoms. The fourth-order valence-corrected chi connectivity index (χ4v) is 1.82. The van der Waals surface area contributed by atoms with Crippen molar-refractivity contribution in [3.05, 3.63) is 53.6 Å². The summed E-state index contributed by atoms with van der Waals surface area (Å²) in [7, 11) is 1.64. The van der Waals surface area contributed by atoms with Crippen molar-refractivity contribution < 1.29 is 14.6 Å². The van der Waals surface area contributed by atoms with Crippen LogP contribution in [0.4, 0.5) is 11.4 Å². The maximum atomic E-state index is 10.8. The highest BCUT2D eigenvalue weighted by Gasteiger charge is 2.03. The van der Waals surface area contributed by atoms with Crippen molar-refractivity contribution in [2.24, 2.45) is 0 Å². The summed E-state index contributed by atoms with van der Waals surface area (Å²) in [6.45, 7) is 1.97. The zero-order chi connectivity index (χ0) is 13.8. The minimum Gasteiger partial charge on any atom is -0.496 e. The molecule has 0 aromatic heterocycles. The fourth-order valence-electron chi connectivity index (χ4n) is 1.82. The van der Waals surface area contributed by atoms with E-state index in [-0.39, 0.29) is 5.56 Å². The molecule has 0 fully saturated rings. The van der Waals surface area contributed by atoms with Crippen molar-refractivity contribution in [3.8, 4) is 5.75 Å². The SMILES string of the molecule is COc1ccc(Nc2ccc(C(=O)O)cc2)cc1C. The number of anilines is 2. The molecule has 4 nitrogen and oxygen atoms in total. The second kappa shape index (κ2) is 5.44. The molecule has 2 aromatic rings. The second-order valence-corrected chi connectivity index (χ2v) is 4.19. The number of benzene rings is 2. The molecular weight excluding hydrogens is 242 g/mol. The molecule has 0 radical (unpaired) electrons. The van der Waals surface area contributed by atoms with E-state index >= 15 is 0 Å². The first-order chi connectivity index (χ1) is 9.10. The van der Waals surface area contributed by atoms with Crippen molar-refractivity contribution in [3.63, 3.8) is 0 Å². The van der Waals surface area contributed by atoms with Crippen LogP contribution in [-0.2, 0) is 0 Å². The molecule has 0 aliphatic rings. The number of nitrogens with one attached hydrogen (secondary N) is 1. The van der Waals surface area contributed by atoms with Crippen LogP contribution >= 0.6 is 0 Å². The number of rotatable bonds is 4. The highest BCUT2D eigenvalue weighted by molar-refractivity contribution is 5.88. The van der Waals surface area contributed by atoms with Gasteiger partial charge in [0.25, 0.3) is 0 Å². The largest absolute Gasteiger partial charge is 0.496 e. The van der Waals surface area contributed by atoms with Gasteiger partial charge in [-0.05, 0) is 55.0 Å². The molecule has 0 spiro atoms. The summed E-state index contributed by atoms with van der Waals surface area (Å²) in [6, 6.07) is 12.4. The lowest BCUT2D eigenvalue weighted by Crippen LogP contribution is -1.97. The van der Waals surface area contributed by atoms with E-state index < -0.39 is 5.97 Å². The van der Waals surface area contributed by atoms with Gasteiger partial charge in [0, 0.05) is 11.4 Å². The number of hydrogen-bond acceptors (Lipinski definition) is 3. The van der Waals surface area contributed by atoms with Gasteiger partial charge in [0.2, 0.25) is 0 Å². The van der Waals surface area contributed by atoms with E-state index in [4.69, 9.17) is 9.84 Å². The Morgan fingerprint density at radius 1 is 1.11 bits per heavy atom. The number of methoxy groups -OCH3 is 1. The van der Waals surface area contributed by atoms with Crippen LogP contribution in [0.15, 0.2) is 42.5 Å². The predicted molar refractivity (Wildman–Crippen MR) is 74.4 cm³/mol. The number of carbonyl (C=O) groups is 1. The van der Waals surface area contributed by atoms with Gasteiger partial charge in [-0.25, -0.2) is 4.79 Å². The van der Waals surface area contributed by atoms with E-state index in [1.54, 1.807) is 31.4 Å². The van der Waals surface area contributed by atoms with Gasteiger partial charge >= 0.3 is 5.97 Å². The van der Waals surface area contributed by atoms with Crippen LogP contribution in [0, 0.1) is 6.92 Å². The molecule has 0 aliphatic carbocycles. The van der Waals surface area contributed by atoms with E-state index in [9.17, 15) is 4.79 Å². The Labute approximate surface area is 111 Å². The van der Waals surface area contributed by atoms with E-state index in [1.807, 2.05) is 25.1 Å². The van der Waals surface area contributed by atoms with Crippen LogP contribution in [0.5, 0.6) is 5.75 Å². The minimum absolute atomic E-state index is 0.275. The first kappa shape index (κ1) is 13.0. The molecule has 2 rings (SSSR count). The highest BCUT2D eigenvalue weighted by Crippen LogP contribution is 2.24. The number of hydrogen-bond donors (Lipinski definition) is 2. The van der Waals surface area contributed by atoms with Gasteiger partial charge in [0.05, 0.1) is 12.7 Å². The van der Waals surface area contributed by atoms with Crippen molar-refractivity contribution in [1.29, 1.82) is 0 Å². The second-order valence-electron chi connectivity index (χ2n) is 4.19. The van der Waals surface area contributed by atoms with Gasteiger partial charge in [-0.1, -0.05) is 0 Å². The van der Waals surface area contributed by atoms with Crippen LogP contribution in [0.2, 0.25) is 0 Å². The zero-order valence-corrected chi connectivity index (χ0v) is 10.8. The Hall–Kier alpha value is -2.49. The van der Waals surface area contributed by atoms with Crippen LogP contribution in [-0.4, -0.2) is 18.2 Å². The van der Waals surface area contributed by atoms with Crippen LogP contribution in [0.25, 0.3) is 0 Å². The van der Waals surface area contributed by atoms with Crippen molar-refractivity contribution in [2.45, 2.75) is 6.92 Å². The molecule has 0 saturated carbocycles. The Balaban J connectivity index is 2.16. The Kier molecular flexibility index (Phi) is 3.71. The molecule has 98 valence electrons. The average molecular weight is 257 g/mol.